The third kappa shape index (κ3) is 2.84. The number of piperazine rings is 1. The summed E-state index contributed by atoms with van der Waals surface area (Å²) in [4.78, 5) is 4.95. The zero-order chi connectivity index (χ0) is 11.5. The molecule has 2 rings (SSSR count). The number of rotatable bonds is 2. The van der Waals surface area contributed by atoms with Gasteiger partial charge in [0.1, 0.15) is 0 Å². The van der Waals surface area contributed by atoms with Crippen LogP contribution < -0.4 is 0 Å². The molecule has 0 saturated carbocycles. The molecule has 3 heteroatoms. The predicted octanol–water partition coefficient (Wildman–Crippen LogP) is 2.76. The Morgan fingerprint density at radius 2 is 1.88 bits per heavy atom. The Bertz CT molecular complexity index is 346. The molecule has 0 aliphatic carbocycles. The summed E-state index contributed by atoms with van der Waals surface area (Å²) in [7, 11) is 2.20. The van der Waals surface area contributed by atoms with Crippen molar-refractivity contribution in [3.8, 4) is 0 Å². The first-order chi connectivity index (χ1) is 7.66. The van der Waals surface area contributed by atoms with Gasteiger partial charge in [-0.1, -0.05) is 28.1 Å². The molecule has 1 atom stereocenters. The molecular weight excluding hydrogens is 264 g/mol. The first-order valence-electron chi connectivity index (χ1n) is 5.85. The zero-order valence-corrected chi connectivity index (χ0v) is 11.6. The largest absolute Gasteiger partial charge is 0.304 e. The molecule has 2 nitrogen and oxygen atoms in total. The molecule has 0 aromatic heterocycles. The second-order valence-corrected chi connectivity index (χ2v) is 5.49. The van der Waals surface area contributed by atoms with E-state index >= 15 is 0 Å². The molecule has 0 amide bonds. The average molecular weight is 283 g/mol. The molecule has 0 radical (unpaired) electrons. The van der Waals surface area contributed by atoms with Gasteiger partial charge in [-0.15, -0.1) is 0 Å². The Balaban J connectivity index is 2.04. The van der Waals surface area contributed by atoms with Gasteiger partial charge in [-0.3, -0.25) is 4.90 Å². The molecule has 1 aliphatic heterocycles. The second kappa shape index (κ2) is 5.30. The van der Waals surface area contributed by atoms with Crippen LogP contribution in [0.4, 0.5) is 0 Å². The van der Waals surface area contributed by atoms with E-state index in [2.05, 4.69) is 64.0 Å². The molecule has 0 unspecified atom stereocenters. The van der Waals surface area contributed by atoms with Gasteiger partial charge in [0.15, 0.2) is 0 Å². The van der Waals surface area contributed by atoms with Crippen molar-refractivity contribution in [1.29, 1.82) is 0 Å². The summed E-state index contributed by atoms with van der Waals surface area (Å²) < 4.78 is 1.17. The lowest BCUT2D eigenvalue weighted by Gasteiger charge is -2.36. The molecule has 0 spiro atoms. The highest BCUT2D eigenvalue weighted by atomic mass is 79.9. The number of likely N-dealkylation sites (N-methyl/N-ethyl adjacent to an activating group) is 1. The lowest BCUT2D eigenvalue weighted by molar-refractivity contribution is 0.119. The van der Waals surface area contributed by atoms with E-state index in [1.54, 1.807) is 0 Å². The third-order valence-electron chi connectivity index (χ3n) is 3.42. The van der Waals surface area contributed by atoms with Crippen LogP contribution in [0.15, 0.2) is 28.7 Å². The van der Waals surface area contributed by atoms with Crippen molar-refractivity contribution in [3.05, 3.63) is 34.3 Å². The van der Waals surface area contributed by atoms with Gasteiger partial charge in [-0.25, -0.2) is 0 Å². The minimum Gasteiger partial charge on any atom is -0.304 e. The number of nitrogens with zero attached hydrogens (tertiary/aromatic N) is 2. The topological polar surface area (TPSA) is 6.48 Å². The van der Waals surface area contributed by atoms with Crippen molar-refractivity contribution >= 4 is 15.9 Å². The summed E-state index contributed by atoms with van der Waals surface area (Å²) in [6, 6.07) is 9.16. The molecule has 1 fully saturated rings. The molecule has 1 saturated heterocycles. The first-order valence-corrected chi connectivity index (χ1v) is 6.64. The van der Waals surface area contributed by atoms with Crippen LogP contribution in [-0.4, -0.2) is 43.0 Å². The van der Waals surface area contributed by atoms with Crippen molar-refractivity contribution in [2.75, 3.05) is 33.2 Å². The van der Waals surface area contributed by atoms with E-state index < -0.39 is 0 Å². The Labute approximate surface area is 106 Å². The van der Waals surface area contributed by atoms with Crippen LogP contribution in [0.1, 0.15) is 18.5 Å². The fourth-order valence-electron chi connectivity index (χ4n) is 2.19. The summed E-state index contributed by atoms with van der Waals surface area (Å²) in [5.74, 6) is 0. The highest BCUT2D eigenvalue weighted by Gasteiger charge is 2.20. The summed E-state index contributed by atoms with van der Waals surface area (Å²) in [5.41, 5.74) is 1.40. The first kappa shape index (κ1) is 12.1. The van der Waals surface area contributed by atoms with Crippen molar-refractivity contribution < 1.29 is 0 Å². The third-order valence-corrected chi connectivity index (χ3v) is 3.91. The van der Waals surface area contributed by atoms with Gasteiger partial charge >= 0.3 is 0 Å². The van der Waals surface area contributed by atoms with E-state index in [0.29, 0.717) is 6.04 Å². The Kier molecular flexibility index (Phi) is 4.00. The smallest absolute Gasteiger partial charge is 0.0321 e. The van der Waals surface area contributed by atoms with Crippen molar-refractivity contribution in [3.63, 3.8) is 0 Å². The van der Waals surface area contributed by atoms with E-state index in [-0.39, 0.29) is 0 Å². The van der Waals surface area contributed by atoms with Gasteiger partial charge in [0.25, 0.3) is 0 Å². The van der Waals surface area contributed by atoms with Crippen LogP contribution in [-0.2, 0) is 0 Å². The standard InChI is InChI=1S/C13H19BrN2/c1-11(12-4-3-5-13(14)10-12)16-8-6-15(2)7-9-16/h3-5,10-11H,6-9H2,1-2H3/t11-/m1/s1. The molecule has 1 aromatic carbocycles. The fraction of sp³-hybridized carbons (Fsp3) is 0.538. The van der Waals surface area contributed by atoms with Gasteiger partial charge < -0.3 is 4.90 Å². The van der Waals surface area contributed by atoms with E-state index in [1.807, 2.05) is 0 Å². The lowest BCUT2D eigenvalue weighted by Crippen LogP contribution is -2.45. The summed E-state index contributed by atoms with van der Waals surface area (Å²) in [6.45, 7) is 7.00. The molecule has 1 aliphatic rings. The molecule has 0 bridgehead atoms. The van der Waals surface area contributed by atoms with Gasteiger partial charge in [0.2, 0.25) is 0 Å². The maximum atomic E-state index is 3.54. The zero-order valence-electron chi connectivity index (χ0n) is 9.99. The molecule has 1 aromatic rings. The molecule has 16 heavy (non-hydrogen) atoms. The van der Waals surface area contributed by atoms with E-state index in [0.717, 1.165) is 0 Å². The highest BCUT2D eigenvalue weighted by Crippen LogP contribution is 2.23. The normalized spacial score (nSPS) is 20.9. The number of hydrogen-bond acceptors (Lipinski definition) is 2. The summed E-state index contributed by atoms with van der Waals surface area (Å²) >= 11 is 3.54. The average Bonchev–Trinajstić information content (AvgIpc) is 2.29. The summed E-state index contributed by atoms with van der Waals surface area (Å²) in [5, 5.41) is 0. The highest BCUT2D eigenvalue weighted by molar-refractivity contribution is 9.10. The molecule has 0 N–H and O–H groups in total. The maximum absolute atomic E-state index is 3.54. The van der Waals surface area contributed by atoms with Crippen LogP contribution in [0.25, 0.3) is 0 Å². The van der Waals surface area contributed by atoms with Gasteiger partial charge in [0, 0.05) is 36.7 Å². The molecule has 88 valence electrons. The number of halogens is 1. The lowest BCUT2D eigenvalue weighted by atomic mass is 10.1. The van der Waals surface area contributed by atoms with Crippen LogP contribution in [0, 0.1) is 0 Å². The van der Waals surface area contributed by atoms with Gasteiger partial charge in [0.05, 0.1) is 0 Å². The van der Waals surface area contributed by atoms with Crippen molar-refractivity contribution in [2.45, 2.75) is 13.0 Å². The molecular formula is C13H19BrN2. The van der Waals surface area contributed by atoms with Gasteiger partial charge in [-0.2, -0.15) is 0 Å². The number of benzene rings is 1. The molecule has 1 heterocycles. The van der Waals surface area contributed by atoms with Crippen LogP contribution >= 0.6 is 15.9 Å². The van der Waals surface area contributed by atoms with Gasteiger partial charge in [-0.05, 0) is 31.7 Å². The second-order valence-electron chi connectivity index (χ2n) is 4.57. The van der Waals surface area contributed by atoms with Crippen LogP contribution in [0.3, 0.4) is 0 Å². The Morgan fingerprint density at radius 3 is 2.50 bits per heavy atom. The minimum absolute atomic E-state index is 0.520. The monoisotopic (exact) mass is 282 g/mol. The fourth-order valence-corrected chi connectivity index (χ4v) is 2.60. The Hall–Kier alpha value is -0.380. The van der Waals surface area contributed by atoms with Crippen LogP contribution in [0.2, 0.25) is 0 Å². The quantitative estimate of drug-likeness (QED) is 0.823. The van der Waals surface area contributed by atoms with E-state index in [1.165, 1.54) is 36.2 Å². The minimum atomic E-state index is 0.520. The van der Waals surface area contributed by atoms with Crippen molar-refractivity contribution in [2.24, 2.45) is 0 Å². The van der Waals surface area contributed by atoms with E-state index in [4.69, 9.17) is 0 Å². The SMILES string of the molecule is C[C@H](c1cccc(Br)c1)N1CCN(C)CC1. The van der Waals surface area contributed by atoms with Crippen molar-refractivity contribution in [1.82, 2.24) is 9.80 Å². The van der Waals surface area contributed by atoms with E-state index in [9.17, 15) is 0 Å². The van der Waals surface area contributed by atoms with Crippen LogP contribution in [0.5, 0.6) is 0 Å². The Morgan fingerprint density at radius 1 is 1.19 bits per heavy atom. The predicted molar refractivity (Wildman–Crippen MR) is 71.6 cm³/mol. The number of hydrogen-bond donors (Lipinski definition) is 0. The summed E-state index contributed by atoms with van der Waals surface area (Å²) in [6.07, 6.45) is 0. The maximum Gasteiger partial charge on any atom is 0.0321 e.